The number of halogens is 3. The third-order valence-corrected chi connectivity index (χ3v) is 4.18. The first kappa shape index (κ1) is 10.9. The average Bonchev–Trinajstić information content (AvgIpc) is 2.42. The molecule has 0 saturated carbocycles. The van der Waals surface area contributed by atoms with Crippen LogP contribution in [0.2, 0.25) is 10.3 Å². The molecule has 1 unspecified atom stereocenters. The summed E-state index contributed by atoms with van der Waals surface area (Å²) in [5.41, 5.74) is 1.83. The largest absolute Gasteiger partial charge is 0.237 e. The second-order valence-electron chi connectivity index (χ2n) is 2.71. The summed E-state index contributed by atoms with van der Waals surface area (Å²) in [6, 6.07) is 1.79. The highest BCUT2D eigenvalue weighted by Crippen LogP contribution is 2.33. The highest BCUT2D eigenvalue weighted by atomic mass is 127. The van der Waals surface area contributed by atoms with Crippen molar-refractivity contribution in [2.75, 3.05) is 0 Å². The van der Waals surface area contributed by atoms with Gasteiger partial charge in [0.05, 0.1) is 23.0 Å². The molecule has 0 fully saturated rings. The minimum Gasteiger partial charge on any atom is -0.237 e. The number of nitrogens with zero attached hydrogens (tertiary/aromatic N) is 3. The lowest BCUT2D eigenvalue weighted by atomic mass is 10.3. The molecule has 7 heteroatoms. The van der Waals surface area contributed by atoms with Crippen molar-refractivity contribution in [3.63, 3.8) is 0 Å². The molecule has 1 atom stereocenters. The lowest BCUT2D eigenvalue weighted by Gasteiger charge is -1.98. The molecule has 74 valence electrons. The number of hydrogen-bond donors (Lipinski definition) is 0. The van der Waals surface area contributed by atoms with E-state index in [-0.39, 0.29) is 0 Å². The number of aryl methyl sites for hydroxylation is 1. The van der Waals surface area contributed by atoms with Gasteiger partial charge < -0.3 is 0 Å². The van der Waals surface area contributed by atoms with Crippen LogP contribution in [0.1, 0.15) is 5.69 Å². The Bertz CT molecular complexity index is 499. The minimum absolute atomic E-state index is 0.401. The van der Waals surface area contributed by atoms with Gasteiger partial charge in [0.2, 0.25) is 0 Å². The normalized spacial score (nSPS) is 12.0. The molecule has 0 N–H and O–H groups in total. The first-order chi connectivity index (χ1) is 6.63. The predicted octanol–water partition coefficient (Wildman–Crippen LogP) is 3.84. The van der Waals surface area contributed by atoms with Crippen LogP contribution >= 0.6 is 51.6 Å². The zero-order chi connectivity index (χ0) is 10.3. The van der Waals surface area contributed by atoms with Crippen molar-refractivity contribution in [1.29, 1.82) is 0 Å². The fraction of sp³-hybridized carbons (Fsp3) is 0.143. The smallest absolute Gasteiger partial charge is 0.142 e. The van der Waals surface area contributed by atoms with E-state index in [1.807, 2.05) is 11.4 Å². The molecule has 2 aromatic rings. The fourth-order valence-electron chi connectivity index (χ4n) is 1.29. The molecule has 0 aliphatic rings. The molecule has 14 heavy (non-hydrogen) atoms. The van der Waals surface area contributed by atoms with E-state index in [1.165, 1.54) is 0 Å². The summed E-state index contributed by atoms with van der Waals surface area (Å²) in [6.07, 6.45) is 0.528. The maximum absolute atomic E-state index is 5.99. The van der Waals surface area contributed by atoms with E-state index in [1.54, 1.807) is 6.07 Å². The quantitative estimate of drug-likeness (QED) is 0.440. The zero-order valence-corrected chi connectivity index (χ0v) is 11.7. The van der Waals surface area contributed by atoms with Gasteiger partial charge in [-0.25, -0.2) is 9.44 Å². The second kappa shape index (κ2) is 4.08. The lowest BCUT2D eigenvalue weighted by molar-refractivity contribution is 1.00. The van der Waals surface area contributed by atoms with Crippen molar-refractivity contribution in [3.05, 3.63) is 22.1 Å². The van der Waals surface area contributed by atoms with Crippen molar-refractivity contribution >= 4 is 62.5 Å². The van der Waals surface area contributed by atoms with Gasteiger partial charge in [-0.05, 0) is 29.0 Å². The minimum atomic E-state index is 0.401. The van der Waals surface area contributed by atoms with Gasteiger partial charge in [-0.2, -0.15) is 5.10 Å². The first-order valence-corrected chi connectivity index (χ1v) is 8.53. The summed E-state index contributed by atoms with van der Waals surface area (Å²) in [6.45, 7) is 1.91. The zero-order valence-electron chi connectivity index (χ0n) is 7.05. The van der Waals surface area contributed by atoms with Crippen LogP contribution < -0.4 is 0 Å². The van der Waals surface area contributed by atoms with E-state index in [0.717, 1.165) is 16.6 Å². The maximum atomic E-state index is 5.99. The third kappa shape index (κ3) is 1.73. The molecule has 2 rings (SSSR count). The van der Waals surface area contributed by atoms with Crippen LogP contribution in [0.3, 0.4) is 0 Å². The van der Waals surface area contributed by atoms with Gasteiger partial charge in [-0.1, -0.05) is 23.2 Å². The standard InChI is InChI=1S/C7H5Cl2IN3P/c1-3-6-4(13(12-3)14-10)2-5(8)11-7(6)9/h2,14H,1H3. The van der Waals surface area contributed by atoms with Crippen LogP contribution in [0.15, 0.2) is 6.07 Å². The van der Waals surface area contributed by atoms with Gasteiger partial charge >= 0.3 is 0 Å². The van der Waals surface area contributed by atoms with Crippen molar-refractivity contribution in [2.24, 2.45) is 0 Å². The molecule has 0 saturated heterocycles. The summed E-state index contributed by atoms with van der Waals surface area (Å²) in [5.74, 6) is 0. The van der Waals surface area contributed by atoms with Gasteiger partial charge in [0.15, 0.2) is 0 Å². The van der Waals surface area contributed by atoms with Crippen LogP contribution in [0.25, 0.3) is 10.9 Å². The molecule has 2 heterocycles. The third-order valence-electron chi connectivity index (χ3n) is 1.84. The van der Waals surface area contributed by atoms with Gasteiger partial charge in [0.1, 0.15) is 10.3 Å². The monoisotopic (exact) mass is 359 g/mol. The number of hydrogen-bond acceptors (Lipinski definition) is 2. The Morgan fingerprint density at radius 3 is 2.86 bits per heavy atom. The molecule has 2 aromatic heterocycles. The predicted molar refractivity (Wildman–Crippen MR) is 70.0 cm³/mol. The summed E-state index contributed by atoms with van der Waals surface area (Å²) in [5, 5.41) is 6.06. The molecule has 0 aliphatic carbocycles. The van der Waals surface area contributed by atoms with Crippen LogP contribution in [0.5, 0.6) is 0 Å². The summed E-state index contributed by atoms with van der Waals surface area (Å²) in [7, 11) is 0. The van der Waals surface area contributed by atoms with E-state index in [4.69, 9.17) is 23.2 Å². The van der Waals surface area contributed by atoms with Crippen LogP contribution in [0, 0.1) is 6.92 Å². The van der Waals surface area contributed by atoms with Gasteiger partial charge in [0.25, 0.3) is 0 Å². The number of aromatic nitrogens is 3. The van der Waals surface area contributed by atoms with Crippen LogP contribution in [0.4, 0.5) is 0 Å². The molecular weight excluding hydrogens is 355 g/mol. The van der Waals surface area contributed by atoms with Crippen LogP contribution in [-0.4, -0.2) is 14.5 Å². The highest BCUT2D eigenvalue weighted by Gasteiger charge is 2.12. The van der Waals surface area contributed by atoms with Crippen molar-refractivity contribution < 1.29 is 0 Å². The van der Waals surface area contributed by atoms with E-state index in [9.17, 15) is 0 Å². The second-order valence-corrected chi connectivity index (χ2v) is 5.50. The lowest BCUT2D eigenvalue weighted by Crippen LogP contribution is -1.83. The summed E-state index contributed by atoms with van der Waals surface area (Å²) < 4.78 is 1.88. The Morgan fingerprint density at radius 1 is 1.50 bits per heavy atom. The van der Waals surface area contributed by atoms with Gasteiger partial charge in [0, 0.05) is 6.07 Å². The maximum Gasteiger partial charge on any atom is 0.142 e. The summed E-state index contributed by atoms with van der Waals surface area (Å²) in [4.78, 5) is 3.99. The first-order valence-electron chi connectivity index (χ1n) is 3.71. The molecule has 0 bridgehead atoms. The summed E-state index contributed by atoms with van der Waals surface area (Å²) >= 11 is 14.1. The average molecular weight is 360 g/mol. The van der Waals surface area contributed by atoms with E-state index >= 15 is 0 Å². The number of rotatable bonds is 1. The van der Waals surface area contributed by atoms with Crippen LogP contribution in [-0.2, 0) is 0 Å². The number of fused-ring (bicyclic) bond motifs is 1. The number of pyridine rings is 1. The van der Waals surface area contributed by atoms with Crippen molar-refractivity contribution in [1.82, 2.24) is 14.5 Å². The SMILES string of the molecule is Cc1nn(PI)c2cc(Cl)nc(Cl)c12. The van der Waals surface area contributed by atoms with Gasteiger partial charge in [-0.3, -0.25) is 0 Å². The van der Waals surface area contributed by atoms with Crippen molar-refractivity contribution in [2.45, 2.75) is 6.92 Å². The Balaban J connectivity index is 2.89. The van der Waals surface area contributed by atoms with E-state index < -0.39 is 0 Å². The molecule has 0 amide bonds. The Hall–Kier alpha value is 0.360. The molecule has 0 aromatic carbocycles. The molecular formula is C7H5Cl2IN3P. The highest BCUT2D eigenvalue weighted by molar-refractivity contribution is 14.2. The van der Waals surface area contributed by atoms with E-state index in [2.05, 4.69) is 32.1 Å². The Morgan fingerprint density at radius 2 is 2.21 bits per heavy atom. The molecule has 0 radical (unpaired) electrons. The fourth-order valence-corrected chi connectivity index (χ4v) is 3.41. The molecule has 3 nitrogen and oxygen atoms in total. The van der Waals surface area contributed by atoms with Crippen molar-refractivity contribution in [3.8, 4) is 0 Å². The Labute approximate surface area is 105 Å². The van der Waals surface area contributed by atoms with Gasteiger partial charge in [-0.15, -0.1) is 0 Å². The Kier molecular flexibility index (Phi) is 3.17. The topological polar surface area (TPSA) is 30.7 Å². The molecule has 0 spiro atoms. The van der Waals surface area contributed by atoms with E-state index in [0.29, 0.717) is 16.7 Å². The molecule has 0 aliphatic heterocycles.